The normalized spacial score (nSPS) is 10.2. The Morgan fingerprint density at radius 1 is 1.13 bits per heavy atom. The average molecular weight is 309 g/mol. The van der Waals surface area contributed by atoms with Gasteiger partial charge in [-0.25, -0.2) is 4.98 Å². The van der Waals surface area contributed by atoms with Crippen molar-refractivity contribution < 1.29 is 0 Å². The van der Waals surface area contributed by atoms with Crippen LogP contribution in [0.4, 0.5) is 17.5 Å². The molecule has 5 heteroatoms. The summed E-state index contributed by atoms with van der Waals surface area (Å²) in [5.74, 6) is 1.51. The third-order valence-electron chi connectivity index (χ3n) is 3.61. The van der Waals surface area contributed by atoms with Crippen LogP contribution in [-0.2, 0) is 6.42 Å². The van der Waals surface area contributed by atoms with Crippen molar-refractivity contribution in [1.29, 1.82) is 5.26 Å². The molecule has 0 unspecified atom stereocenters. The summed E-state index contributed by atoms with van der Waals surface area (Å²) in [6.45, 7) is 8.19. The number of aryl methyl sites for hydroxylation is 1. The van der Waals surface area contributed by atoms with Crippen LogP contribution in [0.15, 0.2) is 30.3 Å². The van der Waals surface area contributed by atoms with Gasteiger partial charge in [-0.3, -0.25) is 0 Å². The lowest BCUT2D eigenvalue weighted by atomic mass is 10.2. The fourth-order valence-corrected chi connectivity index (χ4v) is 2.43. The van der Waals surface area contributed by atoms with Crippen LogP contribution in [0.5, 0.6) is 0 Å². The SMILES string of the molecule is CCCc1cc(N(CC)CC)nc(Nc2cccc(C#N)c2)n1. The standard InChI is InChI=1S/C18H23N5/c1-4-8-15-12-17(23(5-2)6-3)22-18(20-15)21-16-10-7-9-14(11-16)13-19/h7,9-12H,4-6,8H2,1-3H3,(H,20,21,22). The molecule has 0 fully saturated rings. The monoisotopic (exact) mass is 309 g/mol. The molecule has 0 bridgehead atoms. The lowest BCUT2D eigenvalue weighted by molar-refractivity contribution is 0.824. The second kappa shape index (κ2) is 8.14. The van der Waals surface area contributed by atoms with E-state index in [0.717, 1.165) is 43.1 Å². The van der Waals surface area contributed by atoms with Crippen molar-refractivity contribution in [3.05, 3.63) is 41.6 Å². The van der Waals surface area contributed by atoms with E-state index in [1.807, 2.05) is 12.1 Å². The minimum absolute atomic E-state index is 0.577. The summed E-state index contributed by atoms with van der Waals surface area (Å²) in [6, 6.07) is 11.5. The van der Waals surface area contributed by atoms with Gasteiger partial charge in [-0.15, -0.1) is 0 Å². The van der Waals surface area contributed by atoms with E-state index >= 15 is 0 Å². The Bertz CT molecular complexity index is 686. The molecule has 1 aromatic heterocycles. The second-order valence-electron chi connectivity index (χ2n) is 5.28. The van der Waals surface area contributed by atoms with Crippen LogP contribution in [0, 0.1) is 11.3 Å². The van der Waals surface area contributed by atoms with Crippen LogP contribution in [0.3, 0.4) is 0 Å². The van der Waals surface area contributed by atoms with E-state index in [0.29, 0.717) is 11.5 Å². The van der Waals surface area contributed by atoms with Crippen LogP contribution < -0.4 is 10.2 Å². The highest BCUT2D eigenvalue weighted by molar-refractivity contribution is 5.58. The molecule has 1 N–H and O–H groups in total. The van der Waals surface area contributed by atoms with E-state index in [4.69, 9.17) is 5.26 Å². The summed E-state index contributed by atoms with van der Waals surface area (Å²) < 4.78 is 0. The first-order chi connectivity index (χ1) is 11.2. The molecule has 2 rings (SSSR count). The lowest BCUT2D eigenvalue weighted by Gasteiger charge is -2.21. The molecule has 1 heterocycles. The molecule has 1 aromatic carbocycles. The zero-order chi connectivity index (χ0) is 16.7. The first kappa shape index (κ1) is 16.8. The van der Waals surface area contributed by atoms with Gasteiger partial charge in [0.1, 0.15) is 5.82 Å². The fourth-order valence-electron chi connectivity index (χ4n) is 2.43. The Morgan fingerprint density at radius 2 is 1.91 bits per heavy atom. The molecule has 0 amide bonds. The quantitative estimate of drug-likeness (QED) is 0.840. The Labute approximate surface area is 138 Å². The summed E-state index contributed by atoms with van der Waals surface area (Å²) in [5, 5.41) is 12.2. The molecular weight excluding hydrogens is 286 g/mol. The van der Waals surface area contributed by atoms with Crippen LogP contribution in [0.1, 0.15) is 38.4 Å². The van der Waals surface area contributed by atoms with Crippen LogP contribution in [-0.4, -0.2) is 23.1 Å². The Hall–Kier alpha value is -2.61. The summed E-state index contributed by atoms with van der Waals surface area (Å²) in [7, 11) is 0. The molecule has 0 saturated heterocycles. The number of hydrogen-bond acceptors (Lipinski definition) is 5. The molecule has 0 aliphatic carbocycles. The number of nitrogens with zero attached hydrogens (tertiary/aromatic N) is 4. The summed E-state index contributed by atoms with van der Waals surface area (Å²) >= 11 is 0. The van der Waals surface area contributed by atoms with E-state index in [1.54, 1.807) is 12.1 Å². The highest BCUT2D eigenvalue weighted by Gasteiger charge is 2.09. The lowest BCUT2D eigenvalue weighted by Crippen LogP contribution is -2.23. The molecule has 0 spiro atoms. The van der Waals surface area contributed by atoms with E-state index in [9.17, 15) is 0 Å². The topological polar surface area (TPSA) is 64.8 Å². The van der Waals surface area contributed by atoms with Gasteiger partial charge in [0.25, 0.3) is 0 Å². The van der Waals surface area contributed by atoms with Crippen molar-refractivity contribution in [2.45, 2.75) is 33.6 Å². The third-order valence-corrected chi connectivity index (χ3v) is 3.61. The van der Waals surface area contributed by atoms with E-state index in [-0.39, 0.29) is 0 Å². The summed E-state index contributed by atoms with van der Waals surface area (Å²) in [5.41, 5.74) is 2.47. The summed E-state index contributed by atoms with van der Waals surface area (Å²) in [6.07, 6.45) is 1.96. The molecule has 0 saturated carbocycles. The Balaban J connectivity index is 2.34. The van der Waals surface area contributed by atoms with Crippen LogP contribution >= 0.6 is 0 Å². The van der Waals surface area contributed by atoms with E-state index < -0.39 is 0 Å². The van der Waals surface area contributed by atoms with Gasteiger partial charge >= 0.3 is 0 Å². The van der Waals surface area contributed by atoms with Gasteiger partial charge in [0.15, 0.2) is 0 Å². The predicted octanol–water partition coefficient (Wildman–Crippen LogP) is 3.89. The highest BCUT2D eigenvalue weighted by Crippen LogP contribution is 2.20. The number of rotatable bonds is 7. The van der Waals surface area contributed by atoms with Crippen molar-refractivity contribution in [3.63, 3.8) is 0 Å². The van der Waals surface area contributed by atoms with Crippen molar-refractivity contribution in [3.8, 4) is 6.07 Å². The number of nitrogens with one attached hydrogen (secondary N) is 1. The predicted molar refractivity (Wildman–Crippen MR) is 94.0 cm³/mol. The molecule has 0 atom stereocenters. The number of nitriles is 1. The molecule has 5 nitrogen and oxygen atoms in total. The van der Waals surface area contributed by atoms with Gasteiger partial charge < -0.3 is 10.2 Å². The first-order valence-electron chi connectivity index (χ1n) is 8.10. The molecule has 0 aliphatic rings. The van der Waals surface area contributed by atoms with Gasteiger partial charge in [0.05, 0.1) is 11.6 Å². The zero-order valence-corrected chi connectivity index (χ0v) is 14.0. The van der Waals surface area contributed by atoms with Gasteiger partial charge in [-0.05, 0) is 38.5 Å². The van der Waals surface area contributed by atoms with Crippen molar-refractivity contribution in [2.24, 2.45) is 0 Å². The van der Waals surface area contributed by atoms with E-state index in [1.165, 1.54) is 0 Å². The van der Waals surface area contributed by atoms with Crippen LogP contribution in [0.2, 0.25) is 0 Å². The van der Waals surface area contributed by atoms with Crippen LogP contribution in [0.25, 0.3) is 0 Å². The molecule has 0 radical (unpaired) electrons. The highest BCUT2D eigenvalue weighted by atomic mass is 15.2. The molecule has 120 valence electrons. The fraction of sp³-hybridized carbons (Fsp3) is 0.389. The van der Waals surface area contributed by atoms with Gasteiger partial charge in [-0.1, -0.05) is 19.4 Å². The minimum Gasteiger partial charge on any atom is -0.357 e. The van der Waals surface area contributed by atoms with Crippen molar-refractivity contribution in [1.82, 2.24) is 9.97 Å². The zero-order valence-electron chi connectivity index (χ0n) is 14.0. The maximum Gasteiger partial charge on any atom is 0.229 e. The molecule has 23 heavy (non-hydrogen) atoms. The Kier molecular flexibility index (Phi) is 5.93. The van der Waals surface area contributed by atoms with E-state index in [2.05, 4.69) is 53.1 Å². The molecular formula is C18H23N5. The maximum atomic E-state index is 9.01. The first-order valence-corrected chi connectivity index (χ1v) is 8.10. The average Bonchev–Trinajstić information content (AvgIpc) is 2.56. The smallest absolute Gasteiger partial charge is 0.229 e. The largest absolute Gasteiger partial charge is 0.357 e. The van der Waals surface area contributed by atoms with Gasteiger partial charge in [0, 0.05) is 30.5 Å². The Morgan fingerprint density at radius 3 is 2.57 bits per heavy atom. The maximum absolute atomic E-state index is 9.01. The van der Waals surface area contributed by atoms with Gasteiger partial charge in [0.2, 0.25) is 5.95 Å². The number of aromatic nitrogens is 2. The number of anilines is 3. The minimum atomic E-state index is 0.577. The number of benzene rings is 1. The van der Waals surface area contributed by atoms with Crippen molar-refractivity contribution >= 4 is 17.5 Å². The summed E-state index contributed by atoms with van der Waals surface area (Å²) in [4.78, 5) is 11.4. The molecule has 2 aromatic rings. The molecule has 0 aliphatic heterocycles. The second-order valence-corrected chi connectivity index (χ2v) is 5.28. The third kappa shape index (κ3) is 4.43. The number of hydrogen-bond donors (Lipinski definition) is 1. The van der Waals surface area contributed by atoms with Gasteiger partial charge in [-0.2, -0.15) is 10.2 Å². The van der Waals surface area contributed by atoms with Crippen molar-refractivity contribution in [2.75, 3.05) is 23.3 Å².